The van der Waals surface area contributed by atoms with Crippen molar-refractivity contribution in [1.82, 2.24) is 0 Å². The Balaban J connectivity index is 3.35. The van der Waals surface area contributed by atoms with Crippen LogP contribution in [-0.4, -0.2) is 25.3 Å². The molecule has 1 aromatic rings. The average Bonchev–Trinajstić information content (AvgIpc) is 2.29. The molecular weight excluding hydrogens is 256 g/mol. The van der Waals surface area contributed by atoms with Crippen molar-refractivity contribution in [2.75, 3.05) is 19.0 Å². The Hall–Kier alpha value is -1.59. The number of hydrogen-bond donors (Lipinski definition) is 2. The first kappa shape index (κ1) is 14.5. The second-order valence-electron chi connectivity index (χ2n) is 3.64. The minimum atomic E-state index is -0.308. The fraction of sp³-hybridized carbons (Fsp3) is 0.333. The van der Waals surface area contributed by atoms with Crippen molar-refractivity contribution in [3.8, 4) is 5.75 Å². The number of Topliss-reactive ketones (excluding diaryl/α,β-unsaturated/α-hetero) is 1. The molecule has 0 bridgehead atoms. The summed E-state index contributed by atoms with van der Waals surface area (Å²) in [7, 11) is 1.45. The minimum Gasteiger partial charge on any atom is -0.495 e. The molecule has 5 nitrogen and oxygen atoms in total. The average molecular weight is 271 g/mol. The minimum absolute atomic E-state index is 0.152. The Morgan fingerprint density at radius 2 is 2.11 bits per heavy atom. The zero-order valence-corrected chi connectivity index (χ0v) is 11.0. The van der Waals surface area contributed by atoms with E-state index >= 15 is 0 Å². The second kappa shape index (κ2) is 6.37. The molecule has 0 saturated heterocycles. The molecule has 0 atom stereocenters. The van der Waals surface area contributed by atoms with Gasteiger partial charge in [-0.1, -0.05) is 11.6 Å². The second-order valence-corrected chi connectivity index (χ2v) is 4.05. The van der Waals surface area contributed by atoms with Gasteiger partial charge in [0.2, 0.25) is 5.91 Å². The number of amides is 1. The van der Waals surface area contributed by atoms with Crippen molar-refractivity contribution in [2.24, 2.45) is 5.73 Å². The van der Waals surface area contributed by atoms with Crippen LogP contribution >= 0.6 is 11.6 Å². The number of carbonyl (C=O) groups excluding carboxylic acids is 2. The highest BCUT2D eigenvalue weighted by molar-refractivity contribution is 6.35. The quantitative estimate of drug-likeness (QED) is 0.800. The van der Waals surface area contributed by atoms with E-state index in [1.807, 2.05) is 0 Å². The smallest absolute Gasteiger partial charge is 0.221 e. The zero-order chi connectivity index (χ0) is 13.7. The van der Waals surface area contributed by atoms with E-state index in [2.05, 4.69) is 5.32 Å². The van der Waals surface area contributed by atoms with E-state index in [1.165, 1.54) is 14.0 Å². The molecule has 0 unspecified atom stereocenters. The lowest BCUT2D eigenvalue weighted by molar-refractivity contribution is -0.114. The lowest BCUT2D eigenvalue weighted by Crippen LogP contribution is -2.15. The number of ether oxygens (including phenoxy) is 1. The molecule has 98 valence electrons. The topological polar surface area (TPSA) is 81.4 Å². The molecular formula is C12H15ClN2O3. The summed E-state index contributed by atoms with van der Waals surface area (Å²) in [6, 6.07) is 3.14. The van der Waals surface area contributed by atoms with Gasteiger partial charge in [-0.15, -0.1) is 0 Å². The molecule has 3 N–H and O–H groups in total. The predicted octanol–water partition coefficient (Wildman–Crippen LogP) is 1.84. The monoisotopic (exact) mass is 270 g/mol. The van der Waals surface area contributed by atoms with Crippen molar-refractivity contribution in [3.63, 3.8) is 0 Å². The van der Waals surface area contributed by atoms with Crippen LogP contribution in [0.4, 0.5) is 5.69 Å². The first-order valence-corrected chi connectivity index (χ1v) is 5.76. The van der Waals surface area contributed by atoms with Gasteiger partial charge in [0, 0.05) is 13.3 Å². The van der Waals surface area contributed by atoms with Gasteiger partial charge >= 0.3 is 0 Å². The molecule has 1 amide bonds. The third kappa shape index (κ3) is 3.21. The van der Waals surface area contributed by atoms with Gasteiger partial charge in [0.1, 0.15) is 5.75 Å². The van der Waals surface area contributed by atoms with Crippen molar-refractivity contribution in [2.45, 2.75) is 13.3 Å². The molecule has 0 fully saturated rings. The van der Waals surface area contributed by atoms with Crippen molar-refractivity contribution >= 4 is 29.0 Å². The van der Waals surface area contributed by atoms with E-state index in [-0.39, 0.29) is 40.9 Å². The van der Waals surface area contributed by atoms with Gasteiger partial charge in [0.05, 0.1) is 23.4 Å². The van der Waals surface area contributed by atoms with Gasteiger partial charge in [0.15, 0.2) is 5.78 Å². The molecule has 0 heterocycles. The summed E-state index contributed by atoms with van der Waals surface area (Å²) in [4.78, 5) is 23.1. The Morgan fingerprint density at radius 1 is 1.44 bits per heavy atom. The number of methoxy groups -OCH3 is 1. The van der Waals surface area contributed by atoms with Gasteiger partial charge < -0.3 is 15.8 Å². The fourth-order valence-corrected chi connectivity index (χ4v) is 1.82. The summed E-state index contributed by atoms with van der Waals surface area (Å²) in [5.41, 5.74) is 5.88. The van der Waals surface area contributed by atoms with Crippen LogP contribution in [0.1, 0.15) is 23.7 Å². The van der Waals surface area contributed by atoms with Crippen LogP contribution in [0.15, 0.2) is 12.1 Å². The summed E-state index contributed by atoms with van der Waals surface area (Å²) in [5, 5.41) is 2.83. The van der Waals surface area contributed by atoms with E-state index in [4.69, 9.17) is 22.1 Å². The number of halogens is 1. The van der Waals surface area contributed by atoms with Gasteiger partial charge in [-0.05, 0) is 18.7 Å². The third-order valence-corrected chi connectivity index (χ3v) is 2.60. The highest BCUT2D eigenvalue weighted by atomic mass is 35.5. The molecule has 1 aromatic carbocycles. The van der Waals surface area contributed by atoms with Crippen molar-refractivity contribution in [1.29, 1.82) is 0 Å². The number of rotatable bonds is 5. The highest BCUT2D eigenvalue weighted by Gasteiger charge is 2.19. The van der Waals surface area contributed by atoms with Crippen LogP contribution in [0.2, 0.25) is 5.02 Å². The van der Waals surface area contributed by atoms with Crippen molar-refractivity contribution < 1.29 is 14.3 Å². The maximum absolute atomic E-state index is 12.0. The number of ketones is 1. The zero-order valence-electron chi connectivity index (χ0n) is 10.2. The first-order valence-electron chi connectivity index (χ1n) is 5.38. The Morgan fingerprint density at radius 3 is 2.61 bits per heavy atom. The molecule has 18 heavy (non-hydrogen) atoms. The maximum Gasteiger partial charge on any atom is 0.221 e. The molecule has 6 heteroatoms. The highest BCUT2D eigenvalue weighted by Crippen LogP contribution is 2.34. The van der Waals surface area contributed by atoms with E-state index in [9.17, 15) is 9.59 Å². The Labute approximate surface area is 110 Å². The van der Waals surface area contributed by atoms with Crippen LogP contribution in [0.25, 0.3) is 0 Å². The molecule has 0 aliphatic carbocycles. The standard InChI is InChI=1S/C12H15ClN2O3/c1-7(16)15-12-10(18-2)4-3-8(13)11(12)9(17)5-6-14/h3-4H,5-6,14H2,1-2H3,(H,15,16). The SMILES string of the molecule is COc1ccc(Cl)c(C(=O)CCN)c1NC(C)=O. The number of carbonyl (C=O) groups is 2. The Bertz CT molecular complexity index is 475. The van der Waals surface area contributed by atoms with Gasteiger partial charge in [-0.2, -0.15) is 0 Å². The van der Waals surface area contributed by atoms with Crippen molar-refractivity contribution in [3.05, 3.63) is 22.7 Å². The van der Waals surface area contributed by atoms with Gasteiger partial charge in [-0.3, -0.25) is 9.59 Å². The van der Waals surface area contributed by atoms with Crippen LogP contribution < -0.4 is 15.8 Å². The largest absolute Gasteiger partial charge is 0.495 e. The molecule has 0 aromatic heterocycles. The third-order valence-electron chi connectivity index (χ3n) is 2.29. The molecule has 0 aliphatic heterocycles. The number of anilines is 1. The summed E-state index contributed by atoms with van der Waals surface area (Å²) in [6.45, 7) is 1.56. The maximum atomic E-state index is 12.0. The lowest BCUT2D eigenvalue weighted by Gasteiger charge is -2.14. The first-order chi connectivity index (χ1) is 8.51. The number of nitrogens with one attached hydrogen (secondary N) is 1. The van der Waals surface area contributed by atoms with Crippen LogP contribution in [0.3, 0.4) is 0 Å². The number of nitrogens with two attached hydrogens (primary N) is 1. The van der Waals surface area contributed by atoms with E-state index < -0.39 is 0 Å². The van der Waals surface area contributed by atoms with Gasteiger partial charge in [-0.25, -0.2) is 0 Å². The predicted molar refractivity (Wildman–Crippen MR) is 70.3 cm³/mol. The molecule has 0 radical (unpaired) electrons. The summed E-state index contributed by atoms with van der Waals surface area (Å²) in [6.07, 6.45) is 0.152. The van der Waals surface area contributed by atoms with E-state index in [0.717, 1.165) is 0 Å². The molecule has 0 saturated carbocycles. The van der Waals surface area contributed by atoms with Crippen LogP contribution in [0.5, 0.6) is 5.75 Å². The van der Waals surface area contributed by atoms with E-state index in [0.29, 0.717) is 5.75 Å². The van der Waals surface area contributed by atoms with Crippen LogP contribution in [0, 0.1) is 0 Å². The molecule has 1 rings (SSSR count). The summed E-state index contributed by atoms with van der Waals surface area (Å²) < 4.78 is 5.11. The summed E-state index contributed by atoms with van der Waals surface area (Å²) in [5.74, 6) is -0.155. The fourth-order valence-electron chi connectivity index (χ4n) is 1.56. The lowest BCUT2D eigenvalue weighted by atomic mass is 10.0. The summed E-state index contributed by atoms with van der Waals surface area (Å²) >= 11 is 6.00. The van der Waals surface area contributed by atoms with Crippen LogP contribution in [-0.2, 0) is 4.79 Å². The number of hydrogen-bond acceptors (Lipinski definition) is 4. The van der Waals surface area contributed by atoms with Gasteiger partial charge in [0.25, 0.3) is 0 Å². The number of benzene rings is 1. The molecule has 0 aliphatic rings. The normalized spacial score (nSPS) is 10.0. The Kier molecular flexibility index (Phi) is 5.12. The molecule has 0 spiro atoms. The van der Waals surface area contributed by atoms with E-state index in [1.54, 1.807) is 12.1 Å².